The number of piperidine rings is 3. The van der Waals surface area contributed by atoms with E-state index >= 15 is 0 Å². The van der Waals surface area contributed by atoms with Gasteiger partial charge in [-0.2, -0.15) is 0 Å². The first-order chi connectivity index (χ1) is 15.6. The van der Waals surface area contributed by atoms with Crippen LogP contribution in [0.25, 0.3) is 11.1 Å². The van der Waals surface area contributed by atoms with Gasteiger partial charge in [0.2, 0.25) is 0 Å². The number of ether oxygens (including phenoxy) is 2. The Hall–Kier alpha value is -2.53. The number of aryl methyl sites for hydroxylation is 1. The highest BCUT2D eigenvalue weighted by atomic mass is 16.6. The largest absolute Gasteiger partial charge is 0.497 e. The van der Waals surface area contributed by atoms with Crippen LogP contribution in [0.15, 0.2) is 42.5 Å². The molecular weight excluding hydrogens is 400 g/mol. The third kappa shape index (κ3) is 3.57. The lowest BCUT2D eigenvalue weighted by Gasteiger charge is -2.44. The van der Waals surface area contributed by atoms with Gasteiger partial charge in [-0.05, 0) is 97.3 Å². The zero-order valence-corrected chi connectivity index (χ0v) is 18.8. The first kappa shape index (κ1) is 20.1. The molecule has 1 amide bonds. The van der Waals surface area contributed by atoms with E-state index in [0.717, 1.165) is 51.1 Å². The quantitative estimate of drug-likeness (QED) is 0.743. The van der Waals surface area contributed by atoms with Crippen LogP contribution in [0, 0.1) is 11.3 Å². The second kappa shape index (κ2) is 7.80. The maximum Gasteiger partial charge on any atom is 0.407 e. The van der Waals surface area contributed by atoms with Crippen LogP contribution in [0.4, 0.5) is 4.79 Å². The number of amides is 1. The van der Waals surface area contributed by atoms with E-state index in [4.69, 9.17) is 9.47 Å². The van der Waals surface area contributed by atoms with Gasteiger partial charge >= 0.3 is 6.09 Å². The highest BCUT2D eigenvalue weighted by Gasteiger charge is 2.53. The van der Waals surface area contributed by atoms with Crippen molar-refractivity contribution in [2.45, 2.75) is 50.7 Å². The molecular formula is C27H32N2O3. The predicted molar refractivity (Wildman–Crippen MR) is 124 cm³/mol. The van der Waals surface area contributed by atoms with Gasteiger partial charge in [-0.15, -0.1) is 0 Å². The topological polar surface area (TPSA) is 50.8 Å². The van der Waals surface area contributed by atoms with Crippen LogP contribution >= 0.6 is 0 Å². The van der Waals surface area contributed by atoms with Crippen molar-refractivity contribution < 1.29 is 14.3 Å². The van der Waals surface area contributed by atoms with Gasteiger partial charge in [0, 0.05) is 6.54 Å². The van der Waals surface area contributed by atoms with Crippen molar-refractivity contribution in [3.05, 3.63) is 53.6 Å². The van der Waals surface area contributed by atoms with Crippen molar-refractivity contribution >= 4 is 6.09 Å². The van der Waals surface area contributed by atoms with E-state index in [1.807, 2.05) is 12.1 Å². The zero-order chi connectivity index (χ0) is 21.7. The highest BCUT2D eigenvalue weighted by molar-refractivity contribution is 5.70. The highest BCUT2D eigenvalue weighted by Crippen LogP contribution is 2.61. The molecule has 2 bridgehead atoms. The molecule has 2 atom stereocenters. The number of alkyl carbamates (subject to hydrolysis) is 1. The third-order valence-electron chi connectivity index (χ3n) is 8.39. The molecule has 32 heavy (non-hydrogen) atoms. The lowest BCUT2D eigenvalue weighted by atomic mass is 9.76. The van der Waals surface area contributed by atoms with Crippen molar-refractivity contribution in [1.82, 2.24) is 10.2 Å². The third-order valence-corrected chi connectivity index (χ3v) is 8.39. The van der Waals surface area contributed by atoms with Gasteiger partial charge < -0.3 is 14.8 Å². The van der Waals surface area contributed by atoms with Gasteiger partial charge in [0.1, 0.15) is 11.9 Å². The van der Waals surface area contributed by atoms with Crippen molar-refractivity contribution in [1.29, 1.82) is 0 Å². The summed E-state index contributed by atoms with van der Waals surface area (Å²) in [6.07, 6.45) is 6.72. The van der Waals surface area contributed by atoms with Crippen LogP contribution in [0.1, 0.15) is 49.3 Å². The zero-order valence-electron chi connectivity index (χ0n) is 18.8. The molecule has 3 saturated heterocycles. The second-order valence-corrected chi connectivity index (χ2v) is 10.2. The van der Waals surface area contributed by atoms with Crippen LogP contribution in [0.3, 0.4) is 0 Å². The molecule has 5 nitrogen and oxygen atoms in total. The molecule has 1 spiro atoms. The summed E-state index contributed by atoms with van der Waals surface area (Å²) >= 11 is 0. The van der Waals surface area contributed by atoms with Crippen LogP contribution in [0.2, 0.25) is 0 Å². The van der Waals surface area contributed by atoms with Crippen LogP contribution < -0.4 is 10.1 Å². The molecule has 168 valence electrons. The van der Waals surface area contributed by atoms with E-state index < -0.39 is 0 Å². The van der Waals surface area contributed by atoms with Gasteiger partial charge in [-0.3, -0.25) is 4.90 Å². The average Bonchev–Trinajstić information content (AvgIpc) is 3.62. The fourth-order valence-corrected chi connectivity index (χ4v) is 6.19. The first-order valence-electron chi connectivity index (χ1n) is 12.1. The number of methoxy groups -OCH3 is 1. The van der Waals surface area contributed by atoms with Crippen molar-refractivity contribution in [2.24, 2.45) is 11.3 Å². The predicted octanol–water partition coefficient (Wildman–Crippen LogP) is 4.95. The smallest absolute Gasteiger partial charge is 0.407 e. The van der Waals surface area contributed by atoms with Gasteiger partial charge in [-0.25, -0.2) is 4.79 Å². The summed E-state index contributed by atoms with van der Waals surface area (Å²) in [5, 5.41) is 3.31. The SMILES string of the molecule is COc1ccc(-c2ccc3c(c2)CCC2(CC2)C3NC(=O)O[C@H]2CN3CCC2CC3)cc1. The number of nitrogens with one attached hydrogen (secondary N) is 1. The Morgan fingerprint density at radius 1 is 1.03 bits per heavy atom. The molecule has 5 aliphatic rings. The summed E-state index contributed by atoms with van der Waals surface area (Å²) in [7, 11) is 1.69. The fraction of sp³-hybridized carbons (Fsp3) is 0.519. The Bertz CT molecular complexity index is 1010. The summed E-state index contributed by atoms with van der Waals surface area (Å²) < 4.78 is 11.3. The van der Waals surface area contributed by atoms with Crippen molar-refractivity contribution in [2.75, 3.05) is 26.7 Å². The lowest BCUT2D eigenvalue weighted by Crippen LogP contribution is -2.53. The minimum absolute atomic E-state index is 0.0492. The molecule has 0 radical (unpaired) electrons. The number of carbonyl (C=O) groups excluding carboxylic acids is 1. The molecule has 5 heteroatoms. The summed E-state index contributed by atoms with van der Waals surface area (Å²) in [6.45, 7) is 3.21. The Labute approximate surface area is 190 Å². The summed E-state index contributed by atoms with van der Waals surface area (Å²) in [5.41, 5.74) is 5.25. The van der Waals surface area contributed by atoms with Crippen LogP contribution in [-0.4, -0.2) is 43.8 Å². The fourth-order valence-electron chi connectivity index (χ4n) is 6.19. The van der Waals surface area contributed by atoms with Crippen molar-refractivity contribution in [3.8, 4) is 16.9 Å². The number of fused-ring (bicyclic) bond motifs is 4. The monoisotopic (exact) mass is 432 g/mol. The van der Waals surface area contributed by atoms with Crippen LogP contribution in [-0.2, 0) is 11.2 Å². The minimum atomic E-state index is -0.230. The summed E-state index contributed by atoms with van der Waals surface area (Å²) in [4.78, 5) is 15.4. The molecule has 1 N–H and O–H groups in total. The van der Waals surface area contributed by atoms with E-state index in [1.165, 1.54) is 35.1 Å². The first-order valence-corrected chi connectivity index (χ1v) is 12.1. The normalized spacial score (nSPS) is 29.3. The Morgan fingerprint density at radius 3 is 2.44 bits per heavy atom. The number of nitrogens with zero attached hydrogens (tertiary/aromatic N) is 1. The number of rotatable bonds is 4. The van der Waals surface area contributed by atoms with E-state index in [-0.39, 0.29) is 23.7 Å². The van der Waals surface area contributed by atoms with E-state index in [1.54, 1.807) is 7.11 Å². The molecule has 7 rings (SSSR count). The Balaban J connectivity index is 1.21. The van der Waals surface area contributed by atoms with Gasteiger partial charge in [-0.1, -0.05) is 30.3 Å². The van der Waals surface area contributed by atoms with E-state index in [9.17, 15) is 4.79 Å². The van der Waals surface area contributed by atoms with Crippen molar-refractivity contribution in [3.63, 3.8) is 0 Å². The lowest BCUT2D eigenvalue weighted by molar-refractivity contribution is -0.0347. The summed E-state index contributed by atoms with van der Waals surface area (Å²) in [5.74, 6) is 1.40. The van der Waals surface area contributed by atoms with Gasteiger partial charge in [0.05, 0.1) is 13.2 Å². The van der Waals surface area contributed by atoms with Gasteiger partial charge in [0.15, 0.2) is 0 Å². The molecule has 2 aromatic carbocycles. The Kier molecular flexibility index (Phi) is 4.90. The van der Waals surface area contributed by atoms with E-state index in [2.05, 4.69) is 40.5 Å². The van der Waals surface area contributed by atoms with Crippen LogP contribution in [0.5, 0.6) is 5.75 Å². The molecule has 4 fully saturated rings. The van der Waals surface area contributed by atoms with E-state index in [0.29, 0.717) is 5.92 Å². The number of carbonyl (C=O) groups is 1. The van der Waals surface area contributed by atoms with Gasteiger partial charge in [0.25, 0.3) is 0 Å². The molecule has 0 aromatic heterocycles. The molecule has 3 aliphatic heterocycles. The maximum absolute atomic E-state index is 13.0. The number of hydrogen-bond donors (Lipinski definition) is 1. The maximum atomic E-state index is 13.0. The molecule has 2 aliphatic carbocycles. The number of hydrogen-bond acceptors (Lipinski definition) is 4. The minimum Gasteiger partial charge on any atom is -0.497 e. The molecule has 1 unspecified atom stereocenters. The average molecular weight is 433 g/mol. The molecule has 3 heterocycles. The summed E-state index contributed by atoms with van der Waals surface area (Å²) in [6, 6.07) is 15.0. The number of benzene rings is 2. The Morgan fingerprint density at radius 2 is 1.78 bits per heavy atom. The molecule has 1 saturated carbocycles. The standard InChI is InChI=1S/C27H32N2O3/c1-31-22-5-2-18(3-6-22)20-4-7-23-21(16-20)8-11-27(12-13-27)25(23)28-26(30)32-24-17-29-14-9-19(24)10-15-29/h2-7,16,19,24-25H,8-15,17H2,1H3,(H,28,30)/t24-,25?/m0/s1. The second-order valence-electron chi connectivity index (χ2n) is 10.2. The molecule has 2 aromatic rings.